The van der Waals surface area contributed by atoms with E-state index in [0.29, 0.717) is 6.17 Å². The summed E-state index contributed by atoms with van der Waals surface area (Å²) in [5.41, 5.74) is 1.44. The molecule has 0 N–H and O–H groups in total. The molecule has 0 amide bonds. The molecular weight excluding hydrogens is 328 g/mol. The van der Waals surface area contributed by atoms with Crippen LogP contribution in [0.5, 0.6) is 0 Å². The lowest BCUT2D eigenvalue weighted by atomic mass is 10.1. The minimum absolute atomic E-state index is 0.505. The second kappa shape index (κ2) is 13.7. The molecule has 2 rings (SSSR count). The fraction of sp³-hybridized carbons (Fsp3) is 0.680. The highest BCUT2D eigenvalue weighted by molar-refractivity contribution is 5.17. The van der Waals surface area contributed by atoms with Crippen molar-refractivity contribution < 1.29 is 0 Å². The van der Waals surface area contributed by atoms with E-state index in [0.717, 1.165) is 13.0 Å². The zero-order valence-corrected chi connectivity index (χ0v) is 17.9. The van der Waals surface area contributed by atoms with Gasteiger partial charge in [0.15, 0.2) is 0 Å². The van der Waals surface area contributed by atoms with Gasteiger partial charge < -0.3 is 9.80 Å². The average molecular weight is 371 g/mol. The van der Waals surface area contributed by atoms with Gasteiger partial charge in [-0.15, -0.1) is 0 Å². The molecule has 0 saturated carbocycles. The Balaban J connectivity index is 1.64. The minimum atomic E-state index is 0.505. The van der Waals surface area contributed by atoms with Gasteiger partial charge >= 0.3 is 0 Å². The van der Waals surface area contributed by atoms with Gasteiger partial charge in [0.05, 0.1) is 0 Å². The summed E-state index contributed by atoms with van der Waals surface area (Å²) in [6.45, 7) is 6.92. The minimum Gasteiger partial charge on any atom is -0.356 e. The zero-order valence-electron chi connectivity index (χ0n) is 17.9. The Labute approximate surface area is 168 Å². The van der Waals surface area contributed by atoms with E-state index in [1.54, 1.807) is 0 Å². The quantitative estimate of drug-likeness (QED) is 0.307. The molecule has 152 valence electrons. The largest absolute Gasteiger partial charge is 0.356 e. The first kappa shape index (κ1) is 21.9. The van der Waals surface area contributed by atoms with Crippen LogP contribution in [0.3, 0.4) is 0 Å². The molecule has 0 aromatic heterocycles. The maximum Gasteiger partial charge on any atom is 0.105 e. The van der Waals surface area contributed by atoms with E-state index in [1.807, 2.05) is 0 Å². The molecule has 1 aliphatic rings. The summed E-state index contributed by atoms with van der Waals surface area (Å²) < 4.78 is 0. The average Bonchev–Trinajstić information content (AvgIpc) is 3.06. The van der Waals surface area contributed by atoms with E-state index in [2.05, 4.69) is 66.4 Å². The maximum atomic E-state index is 2.58. The van der Waals surface area contributed by atoms with Gasteiger partial charge in [-0.05, 0) is 18.4 Å². The first-order valence-corrected chi connectivity index (χ1v) is 11.6. The number of unbranched alkanes of at least 4 members (excludes halogenated alkanes) is 9. The SMILES string of the molecule is CCCCCCCCCCCCN1C=CN(CCC)C1Cc1ccccc1. The van der Waals surface area contributed by atoms with Gasteiger partial charge in [-0.1, -0.05) is 102 Å². The Morgan fingerprint density at radius 2 is 1.19 bits per heavy atom. The van der Waals surface area contributed by atoms with Gasteiger partial charge in [-0.3, -0.25) is 0 Å². The first-order chi connectivity index (χ1) is 13.3. The third-order valence-electron chi connectivity index (χ3n) is 5.73. The third-order valence-corrected chi connectivity index (χ3v) is 5.73. The van der Waals surface area contributed by atoms with Crippen LogP contribution in [0.25, 0.3) is 0 Å². The van der Waals surface area contributed by atoms with Gasteiger partial charge in [-0.2, -0.15) is 0 Å². The molecule has 0 fully saturated rings. The van der Waals surface area contributed by atoms with Crippen LogP contribution in [0.15, 0.2) is 42.7 Å². The highest BCUT2D eigenvalue weighted by Crippen LogP contribution is 2.21. The van der Waals surface area contributed by atoms with E-state index in [9.17, 15) is 0 Å². The molecule has 1 atom stereocenters. The monoisotopic (exact) mass is 370 g/mol. The zero-order chi connectivity index (χ0) is 19.2. The second-order valence-electron chi connectivity index (χ2n) is 8.13. The molecule has 1 unspecified atom stereocenters. The van der Waals surface area contributed by atoms with Crippen molar-refractivity contribution in [1.29, 1.82) is 0 Å². The molecule has 0 spiro atoms. The van der Waals surface area contributed by atoms with Crippen molar-refractivity contribution >= 4 is 0 Å². The second-order valence-corrected chi connectivity index (χ2v) is 8.13. The number of rotatable bonds is 15. The van der Waals surface area contributed by atoms with Crippen LogP contribution in [-0.4, -0.2) is 29.1 Å². The van der Waals surface area contributed by atoms with Crippen molar-refractivity contribution in [2.75, 3.05) is 13.1 Å². The fourth-order valence-corrected chi connectivity index (χ4v) is 4.11. The van der Waals surface area contributed by atoms with Crippen LogP contribution in [-0.2, 0) is 6.42 Å². The molecule has 1 heterocycles. The van der Waals surface area contributed by atoms with Crippen LogP contribution in [0.1, 0.15) is 90.0 Å². The van der Waals surface area contributed by atoms with Crippen molar-refractivity contribution in [3.8, 4) is 0 Å². The van der Waals surface area contributed by atoms with Crippen molar-refractivity contribution in [3.63, 3.8) is 0 Å². The summed E-state index contributed by atoms with van der Waals surface area (Å²) in [6.07, 6.45) is 21.6. The van der Waals surface area contributed by atoms with Crippen molar-refractivity contribution in [2.45, 2.75) is 97.1 Å². The van der Waals surface area contributed by atoms with Crippen molar-refractivity contribution in [3.05, 3.63) is 48.3 Å². The van der Waals surface area contributed by atoms with E-state index >= 15 is 0 Å². The van der Waals surface area contributed by atoms with E-state index in [4.69, 9.17) is 0 Å². The molecule has 2 nitrogen and oxygen atoms in total. The van der Waals surface area contributed by atoms with Crippen LogP contribution in [0, 0.1) is 0 Å². The molecule has 0 radical (unpaired) electrons. The van der Waals surface area contributed by atoms with Crippen LogP contribution < -0.4 is 0 Å². The number of hydrogen-bond donors (Lipinski definition) is 0. The molecule has 1 aromatic carbocycles. The normalized spacial score (nSPS) is 16.4. The number of hydrogen-bond acceptors (Lipinski definition) is 2. The molecular formula is C25H42N2. The Morgan fingerprint density at radius 3 is 1.78 bits per heavy atom. The van der Waals surface area contributed by atoms with E-state index in [1.165, 1.54) is 82.7 Å². The van der Waals surface area contributed by atoms with Crippen molar-refractivity contribution in [1.82, 2.24) is 9.80 Å². The van der Waals surface area contributed by atoms with Gasteiger partial charge in [0.25, 0.3) is 0 Å². The van der Waals surface area contributed by atoms with E-state index < -0.39 is 0 Å². The third kappa shape index (κ3) is 8.41. The Hall–Kier alpha value is -1.44. The smallest absolute Gasteiger partial charge is 0.105 e. The van der Waals surface area contributed by atoms with Gasteiger partial charge in [0.1, 0.15) is 6.17 Å². The first-order valence-electron chi connectivity index (χ1n) is 11.6. The summed E-state index contributed by atoms with van der Waals surface area (Å²) in [5.74, 6) is 0. The molecule has 1 aromatic rings. The van der Waals surface area contributed by atoms with Gasteiger partial charge in [0, 0.05) is 31.9 Å². The predicted molar refractivity (Wildman–Crippen MR) is 119 cm³/mol. The molecule has 0 bridgehead atoms. The molecule has 0 aliphatic carbocycles. The molecule has 2 heteroatoms. The van der Waals surface area contributed by atoms with Crippen LogP contribution >= 0.6 is 0 Å². The highest BCUT2D eigenvalue weighted by Gasteiger charge is 2.25. The summed E-state index contributed by atoms with van der Waals surface area (Å²) in [5, 5.41) is 0. The van der Waals surface area contributed by atoms with Gasteiger partial charge in [0.2, 0.25) is 0 Å². The standard InChI is InChI=1S/C25H42N2/c1-3-5-6-7-8-9-10-11-12-16-20-27-22-21-26(19-4-2)25(27)23-24-17-14-13-15-18-24/h13-15,17-18,21-22,25H,3-12,16,19-20,23H2,1-2H3. The molecule has 0 saturated heterocycles. The lowest BCUT2D eigenvalue weighted by Crippen LogP contribution is -2.41. The summed E-state index contributed by atoms with van der Waals surface area (Å²) in [4.78, 5) is 5.11. The maximum absolute atomic E-state index is 2.58. The summed E-state index contributed by atoms with van der Waals surface area (Å²) in [7, 11) is 0. The van der Waals surface area contributed by atoms with Crippen molar-refractivity contribution in [2.24, 2.45) is 0 Å². The lowest BCUT2D eigenvalue weighted by molar-refractivity contribution is 0.150. The Kier molecular flexibility index (Phi) is 11.1. The molecule has 1 aliphatic heterocycles. The number of benzene rings is 1. The molecule has 27 heavy (non-hydrogen) atoms. The fourth-order valence-electron chi connectivity index (χ4n) is 4.11. The van der Waals surface area contributed by atoms with E-state index in [-0.39, 0.29) is 0 Å². The highest BCUT2D eigenvalue weighted by atomic mass is 15.4. The lowest BCUT2D eigenvalue weighted by Gasteiger charge is -2.33. The summed E-state index contributed by atoms with van der Waals surface area (Å²) in [6, 6.07) is 11.0. The topological polar surface area (TPSA) is 6.48 Å². The Bertz CT molecular complexity index is 496. The predicted octanol–water partition coefficient (Wildman–Crippen LogP) is 6.97. The van der Waals surface area contributed by atoms with Gasteiger partial charge in [-0.25, -0.2) is 0 Å². The van der Waals surface area contributed by atoms with Crippen LogP contribution in [0.2, 0.25) is 0 Å². The van der Waals surface area contributed by atoms with Crippen LogP contribution in [0.4, 0.5) is 0 Å². The Morgan fingerprint density at radius 1 is 0.630 bits per heavy atom. The summed E-state index contributed by atoms with van der Waals surface area (Å²) >= 11 is 0. The number of nitrogens with zero attached hydrogens (tertiary/aromatic N) is 2.